The molecule has 0 aliphatic heterocycles. The van der Waals surface area contributed by atoms with Crippen molar-refractivity contribution in [2.45, 2.75) is 38.7 Å². The zero-order valence-corrected chi connectivity index (χ0v) is 18.5. The lowest BCUT2D eigenvalue weighted by molar-refractivity contribution is -0.122. The highest BCUT2D eigenvalue weighted by Crippen LogP contribution is 2.19. The minimum absolute atomic E-state index is 0.0449. The van der Waals surface area contributed by atoms with Crippen LogP contribution >= 0.6 is 0 Å². The van der Waals surface area contributed by atoms with Crippen LogP contribution in [0.3, 0.4) is 0 Å². The highest BCUT2D eigenvalue weighted by atomic mass is 32.2. The molecule has 0 saturated heterocycles. The second-order valence-corrected chi connectivity index (χ2v) is 8.82. The Morgan fingerprint density at radius 1 is 1.00 bits per heavy atom. The molecule has 0 saturated carbocycles. The minimum atomic E-state index is -3.83. The van der Waals surface area contributed by atoms with Crippen LogP contribution in [0.15, 0.2) is 59.5 Å². The van der Waals surface area contributed by atoms with E-state index in [0.29, 0.717) is 23.0 Å². The Morgan fingerprint density at radius 3 is 2.35 bits per heavy atom. The topological polar surface area (TPSA) is 110 Å². The number of carbonyl (C=O) groups excluding carboxylic acids is 1. The van der Waals surface area contributed by atoms with Crippen molar-refractivity contribution in [3.63, 3.8) is 0 Å². The normalized spacial score (nSPS) is 12.1. The molecule has 1 amide bonds. The fourth-order valence-corrected chi connectivity index (χ4v) is 3.87. The zero-order chi connectivity index (χ0) is 22.6. The number of amides is 1. The van der Waals surface area contributed by atoms with Gasteiger partial charge in [-0.3, -0.25) is 9.52 Å². The number of aromatic nitrogens is 2. The van der Waals surface area contributed by atoms with Crippen molar-refractivity contribution < 1.29 is 17.9 Å². The number of hydrogen-bond acceptors (Lipinski definition) is 6. The Hall–Kier alpha value is -3.46. The van der Waals surface area contributed by atoms with E-state index < -0.39 is 16.1 Å². The molecule has 0 aliphatic rings. The van der Waals surface area contributed by atoms with Gasteiger partial charge in [-0.05, 0) is 69.7 Å². The number of benzene rings is 2. The van der Waals surface area contributed by atoms with Gasteiger partial charge in [0.2, 0.25) is 0 Å². The SMILES string of the molecule is Cc1cccc(OC(C)C(=O)Nc2ccc(S(=O)(=O)Nc3cc(C)nc(C)n3)cc2)c1. The lowest BCUT2D eigenvalue weighted by Gasteiger charge is -2.15. The number of sulfonamides is 1. The molecule has 0 fully saturated rings. The van der Waals surface area contributed by atoms with E-state index in [1.54, 1.807) is 32.9 Å². The van der Waals surface area contributed by atoms with E-state index in [4.69, 9.17) is 4.74 Å². The van der Waals surface area contributed by atoms with Crippen molar-refractivity contribution in [3.8, 4) is 5.75 Å². The van der Waals surface area contributed by atoms with Crippen LogP contribution in [-0.4, -0.2) is 30.4 Å². The number of ether oxygens (including phenoxy) is 1. The number of carbonyl (C=O) groups is 1. The summed E-state index contributed by atoms with van der Waals surface area (Å²) in [6.07, 6.45) is -0.726. The van der Waals surface area contributed by atoms with Crippen LogP contribution in [0.5, 0.6) is 5.75 Å². The van der Waals surface area contributed by atoms with Crippen LogP contribution in [0.25, 0.3) is 0 Å². The minimum Gasteiger partial charge on any atom is -0.481 e. The van der Waals surface area contributed by atoms with Crippen molar-refractivity contribution in [1.82, 2.24) is 9.97 Å². The van der Waals surface area contributed by atoms with Gasteiger partial charge in [-0.2, -0.15) is 0 Å². The summed E-state index contributed by atoms with van der Waals surface area (Å²) in [4.78, 5) is 20.7. The predicted octanol–water partition coefficient (Wildman–Crippen LogP) is 3.61. The number of nitrogens with one attached hydrogen (secondary N) is 2. The van der Waals surface area contributed by atoms with Gasteiger partial charge in [0.25, 0.3) is 15.9 Å². The van der Waals surface area contributed by atoms with E-state index in [9.17, 15) is 13.2 Å². The maximum absolute atomic E-state index is 12.6. The molecule has 0 radical (unpaired) electrons. The van der Waals surface area contributed by atoms with Crippen LogP contribution in [-0.2, 0) is 14.8 Å². The molecule has 1 aromatic heterocycles. The Morgan fingerprint density at radius 2 is 1.71 bits per heavy atom. The molecule has 1 unspecified atom stereocenters. The molecule has 2 aromatic carbocycles. The Labute approximate surface area is 181 Å². The summed E-state index contributed by atoms with van der Waals surface area (Å²) < 4.78 is 33.3. The molecule has 3 aromatic rings. The van der Waals surface area contributed by atoms with Crippen LogP contribution in [0.1, 0.15) is 24.0 Å². The largest absolute Gasteiger partial charge is 0.481 e. The zero-order valence-electron chi connectivity index (χ0n) is 17.7. The van der Waals surface area contributed by atoms with E-state index >= 15 is 0 Å². The van der Waals surface area contributed by atoms with Crippen molar-refractivity contribution in [1.29, 1.82) is 0 Å². The molecule has 2 N–H and O–H groups in total. The van der Waals surface area contributed by atoms with Crippen LogP contribution in [0.2, 0.25) is 0 Å². The van der Waals surface area contributed by atoms with Gasteiger partial charge >= 0.3 is 0 Å². The lowest BCUT2D eigenvalue weighted by atomic mass is 10.2. The van der Waals surface area contributed by atoms with E-state index in [1.807, 2.05) is 25.1 Å². The molecule has 1 heterocycles. The van der Waals surface area contributed by atoms with Gasteiger partial charge in [-0.15, -0.1) is 0 Å². The van der Waals surface area contributed by atoms with Crippen LogP contribution in [0.4, 0.5) is 11.5 Å². The van der Waals surface area contributed by atoms with Gasteiger partial charge in [0.15, 0.2) is 6.10 Å². The van der Waals surface area contributed by atoms with E-state index in [0.717, 1.165) is 5.56 Å². The average molecular weight is 441 g/mol. The monoisotopic (exact) mass is 440 g/mol. The number of anilines is 2. The number of rotatable bonds is 7. The second-order valence-electron chi connectivity index (χ2n) is 7.14. The average Bonchev–Trinajstić information content (AvgIpc) is 2.67. The number of nitrogens with zero attached hydrogens (tertiary/aromatic N) is 2. The molecule has 1 atom stereocenters. The van der Waals surface area contributed by atoms with E-state index in [1.165, 1.54) is 24.3 Å². The van der Waals surface area contributed by atoms with Gasteiger partial charge in [0.1, 0.15) is 17.4 Å². The van der Waals surface area contributed by atoms with Crippen molar-refractivity contribution >= 4 is 27.4 Å². The van der Waals surface area contributed by atoms with Gasteiger partial charge in [-0.1, -0.05) is 12.1 Å². The first-order valence-corrected chi connectivity index (χ1v) is 11.1. The van der Waals surface area contributed by atoms with E-state index in [-0.39, 0.29) is 16.6 Å². The smallest absolute Gasteiger partial charge is 0.265 e. The maximum atomic E-state index is 12.6. The molecule has 9 heteroatoms. The highest BCUT2D eigenvalue weighted by Gasteiger charge is 2.18. The molecule has 0 aliphatic carbocycles. The number of aryl methyl sites for hydroxylation is 3. The summed E-state index contributed by atoms with van der Waals surface area (Å²) in [5, 5.41) is 2.72. The molecule has 8 nitrogen and oxygen atoms in total. The van der Waals surface area contributed by atoms with Gasteiger partial charge in [0, 0.05) is 17.4 Å². The van der Waals surface area contributed by atoms with Crippen LogP contribution in [0, 0.1) is 20.8 Å². The van der Waals surface area contributed by atoms with Gasteiger partial charge < -0.3 is 10.1 Å². The summed E-state index contributed by atoms with van der Waals surface area (Å²) in [7, 11) is -3.83. The Balaban J connectivity index is 1.65. The predicted molar refractivity (Wildman–Crippen MR) is 119 cm³/mol. The second kappa shape index (κ2) is 9.13. The highest BCUT2D eigenvalue weighted by molar-refractivity contribution is 7.92. The fraction of sp³-hybridized carbons (Fsp3) is 0.227. The van der Waals surface area contributed by atoms with Crippen LogP contribution < -0.4 is 14.8 Å². The van der Waals surface area contributed by atoms with Crippen molar-refractivity contribution in [2.75, 3.05) is 10.0 Å². The van der Waals surface area contributed by atoms with Gasteiger partial charge in [0.05, 0.1) is 4.90 Å². The summed E-state index contributed by atoms with van der Waals surface area (Å²) in [6.45, 7) is 7.03. The first kappa shape index (κ1) is 22.2. The molecular formula is C22H24N4O4S. The third-order valence-electron chi connectivity index (χ3n) is 4.31. The molecular weight excluding hydrogens is 416 g/mol. The first-order valence-electron chi connectivity index (χ1n) is 9.62. The third-order valence-corrected chi connectivity index (χ3v) is 5.68. The van der Waals surface area contributed by atoms with Crippen molar-refractivity contribution in [3.05, 3.63) is 71.7 Å². The molecule has 31 heavy (non-hydrogen) atoms. The summed E-state index contributed by atoms with van der Waals surface area (Å²) in [5.74, 6) is 0.926. The third kappa shape index (κ3) is 6.02. The molecule has 162 valence electrons. The Bertz CT molecular complexity index is 1170. The first-order chi connectivity index (χ1) is 14.6. The van der Waals surface area contributed by atoms with E-state index in [2.05, 4.69) is 20.0 Å². The molecule has 0 spiro atoms. The fourth-order valence-electron chi connectivity index (χ4n) is 2.87. The van der Waals surface area contributed by atoms with Gasteiger partial charge in [-0.25, -0.2) is 18.4 Å². The quantitative estimate of drug-likeness (QED) is 0.581. The number of hydrogen-bond donors (Lipinski definition) is 2. The summed E-state index contributed by atoms with van der Waals surface area (Å²) >= 11 is 0. The molecule has 0 bridgehead atoms. The summed E-state index contributed by atoms with van der Waals surface area (Å²) in [6, 6.07) is 14.8. The van der Waals surface area contributed by atoms with Crippen molar-refractivity contribution in [2.24, 2.45) is 0 Å². The maximum Gasteiger partial charge on any atom is 0.265 e. The Kier molecular flexibility index (Phi) is 6.55. The summed E-state index contributed by atoms with van der Waals surface area (Å²) in [5.41, 5.74) is 2.14. The standard InChI is InChI=1S/C22H24N4O4S/c1-14-6-5-7-19(12-14)30-16(3)22(27)25-18-8-10-20(11-9-18)31(28,29)26-21-13-15(2)23-17(4)24-21/h5-13,16H,1-4H3,(H,25,27)(H,23,24,26). The lowest BCUT2D eigenvalue weighted by Crippen LogP contribution is -2.30. The molecule has 3 rings (SSSR count).